The predicted octanol–water partition coefficient (Wildman–Crippen LogP) is 4.03. The lowest BCUT2D eigenvalue weighted by Gasteiger charge is -2.35. The van der Waals surface area contributed by atoms with Gasteiger partial charge in [0.15, 0.2) is 0 Å². The Balaban J connectivity index is 1.52. The number of hydrogen-bond donors (Lipinski definition) is 2. The Hall–Kier alpha value is -2.64. The highest BCUT2D eigenvalue weighted by atomic mass is 32.2. The Kier molecular flexibility index (Phi) is 13.8. The lowest BCUT2D eigenvalue weighted by atomic mass is 9.91. The van der Waals surface area contributed by atoms with Crippen LogP contribution in [0.4, 0.5) is 14.9 Å². The molecule has 256 valence electrons. The van der Waals surface area contributed by atoms with Crippen LogP contribution in [0.15, 0.2) is 35.9 Å². The van der Waals surface area contributed by atoms with Gasteiger partial charge in [-0.05, 0) is 68.1 Å². The summed E-state index contributed by atoms with van der Waals surface area (Å²) < 4.78 is 29.0. The van der Waals surface area contributed by atoms with Crippen LogP contribution in [0.3, 0.4) is 0 Å². The van der Waals surface area contributed by atoms with Gasteiger partial charge in [-0.2, -0.15) is 0 Å². The molecule has 5 atom stereocenters. The fourth-order valence-electron chi connectivity index (χ4n) is 6.08. The topological polar surface area (TPSA) is 106 Å². The molecular formula is C34H51FN4O6S. The van der Waals surface area contributed by atoms with Gasteiger partial charge in [0, 0.05) is 69.7 Å². The maximum Gasteiger partial charge on any atom is 0.410 e. The van der Waals surface area contributed by atoms with Crippen LogP contribution in [-0.2, 0) is 14.3 Å². The number of ether oxygens (including phenoxy) is 2. The van der Waals surface area contributed by atoms with Crippen molar-refractivity contribution in [2.75, 3.05) is 76.7 Å². The minimum atomic E-state index is -0.874. The van der Waals surface area contributed by atoms with Crippen molar-refractivity contribution >= 4 is 35.8 Å². The van der Waals surface area contributed by atoms with Gasteiger partial charge in [0.2, 0.25) is 0 Å². The Bertz CT molecular complexity index is 1220. The minimum Gasteiger partial charge on any atom is -0.457 e. The Labute approximate surface area is 277 Å². The quantitative estimate of drug-likeness (QED) is 0.253. The van der Waals surface area contributed by atoms with Gasteiger partial charge in [0.05, 0.1) is 19.1 Å². The first-order chi connectivity index (χ1) is 22.0. The first-order valence-corrected chi connectivity index (χ1v) is 17.4. The van der Waals surface area contributed by atoms with E-state index in [2.05, 4.69) is 14.1 Å². The van der Waals surface area contributed by atoms with Crippen LogP contribution in [0.1, 0.15) is 45.6 Å². The molecule has 0 saturated carbocycles. The minimum absolute atomic E-state index is 0.0686. The molecule has 0 unspecified atom stereocenters. The normalized spacial score (nSPS) is 28.6. The number of esters is 1. The van der Waals surface area contributed by atoms with E-state index in [0.717, 1.165) is 50.5 Å². The molecule has 3 heterocycles. The summed E-state index contributed by atoms with van der Waals surface area (Å²) in [7, 11) is 2.03. The third-order valence-corrected chi connectivity index (χ3v) is 10.1. The average molecular weight is 663 g/mol. The van der Waals surface area contributed by atoms with Crippen molar-refractivity contribution < 1.29 is 33.7 Å². The molecule has 46 heavy (non-hydrogen) atoms. The van der Waals surface area contributed by atoms with Crippen molar-refractivity contribution in [1.82, 2.24) is 14.1 Å². The molecule has 2 fully saturated rings. The first kappa shape index (κ1) is 36.2. The second kappa shape index (κ2) is 17.5. The number of anilines is 1. The van der Waals surface area contributed by atoms with Crippen LogP contribution >= 0.6 is 11.9 Å². The molecule has 2 N–H and O–H groups in total. The maximum absolute atomic E-state index is 14.9. The molecule has 0 radical (unpaired) electrons. The van der Waals surface area contributed by atoms with Gasteiger partial charge in [-0.3, -0.25) is 4.79 Å². The van der Waals surface area contributed by atoms with Crippen LogP contribution in [0.25, 0.3) is 6.08 Å². The number of halogens is 1. The number of nitrogens with zero attached hydrogens (tertiary/aromatic N) is 4. The van der Waals surface area contributed by atoms with E-state index in [9.17, 15) is 19.1 Å². The summed E-state index contributed by atoms with van der Waals surface area (Å²) in [5.74, 6) is -0.534. The average Bonchev–Trinajstić information content (AvgIpc) is 3.03. The molecule has 0 bridgehead atoms. The molecule has 12 heteroatoms. The third-order valence-electron chi connectivity index (χ3n) is 8.97. The van der Waals surface area contributed by atoms with Crippen molar-refractivity contribution in [2.24, 2.45) is 11.8 Å². The summed E-state index contributed by atoms with van der Waals surface area (Å²) in [6.45, 7) is 11.8. The van der Waals surface area contributed by atoms with E-state index in [4.69, 9.17) is 14.6 Å². The molecule has 3 aliphatic rings. The molecule has 1 aromatic carbocycles. The molecule has 0 spiro atoms. The van der Waals surface area contributed by atoms with Crippen LogP contribution in [-0.4, -0.2) is 126 Å². The van der Waals surface area contributed by atoms with Crippen molar-refractivity contribution in [3.8, 4) is 0 Å². The summed E-state index contributed by atoms with van der Waals surface area (Å²) in [4.78, 5) is 32.0. The molecular weight excluding hydrogens is 611 g/mol. The number of carbonyl (C=O) groups is 2. The molecule has 10 nitrogen and oxygen atoms in total. The predicted molar refractivity (Wildman–Crippen MR) is 180 cm³/mol. The molecule has 1 aromatic rings. The molecule has 0 aromatic heterocycles. The highest BCUT2D eigenvalue weighted by Gasteiger charge is 2.29. The number of hydrogen-bond acceptors (Lipinski definition) is 10. The zero-order valence-corrected chi connectivity index (χ0v) is 28.5. The summed E-state index contributed by atoms with van der Waals surface area (Å²) in [5, 5.41) is 19.7. The van der Waals surface area contributed by atoms with Gasteiger partial charge in [0.1, 0.15) is 18.0 Å². The van der Waals surface area contributed by atoms with E-state index in [1.54, 1.807) is 16.8 Å². The Morgan fingerprint density at radius 1 is 1.07 bits per heavy atom. The first-order valence-electron chi connectivity index (χ1n) is 16.4. The number of aliphatic hydroxyl groups excluding tert-OH is 2. The van der Waals surface area contributed by atoms with E-state index in [0.29, 0.717) is 37.2 Å². The van der Waals surface area contributed by atoms with Gasteiger partial charge in [-0.1, -0.05) is 37.9 Å². The second-order valence-electron chi connectivity index (χ2n) is 12.8. The molecule has 0 aliphatic carbocycles. The maximum atomic E-state index is 14.9. The van der Waals surface area contributed by atoms with Gasteiger partial charge < -0.3 is 34.4 Å². The third kappa shape index (κ3) is 10.7. The summed E-state index contributed by atoms with van der Waals surface area (Å²) in [6, 6.07) is 4.95. The van der Waals surface area contributed by atoms with E-state index in [-0.39, 0.29) is 36.8 Å². The number of cyclic esters (lactones) is 1. The van der Waals surface area contributed by atoms with Crippen LogP contribution < -0.4 is 4.90 Å². The number of rotatable bonds is 7. The summed E-state index contributed by atoms with van der Waals surface area (Å²) >= 11 is 1.63. The number of benzene rings is 1. The van der Waals surface area contributed by atoms with Gasteiger partial charge in [-0.25, -0.2) is 13.5 Å². The highest BCUT2D eigenvalue weighted by Crippen LogP contribution is 2.28. The summed E-state index contributed by atoms with van der Waals surface area (Å²) in [6.07, 6.45) is 4.08. The monoisotopic (exact) mass is 662 g/mol. The lowest BCUT2D eigenvalue weighted by molar-refractivity contribution is -0.151. The summed E-state index contributed by atoms with van der Waals surface area (Å²) in [5.41, 5.74) is 2.19. The Morgan fingerprint density at radius 2 is 1.78 bits per heavy atom. The number of amides is 1. The van der Waals surface area contributed by atoms with Gasteiger partial charge >= 0.3 is 12.1 Å². The molecule has 1 amide bonds. The largest absolute Gasteiger partial charge is 0.457 e. The highest BCUT2D eigenvalue weighted by molar-refractivity contribution is 7.97. The van der Waals surface area contributed by atoms with Crippen LogP contribution in [0.5, 0.6) is 0 Å². The number of aliphatic hydroxyl groups is 2. The molecule has 2 saturated heterocycles. The zero-order valence-electron chi connectivity index (χ0n) is 27.6. The van der Waals surface area contributed by atoms with E-state index in [1.807, 2.05) is 52.1 Å². The lowest BCUT2D eigenvalue weighted by Crippen LogP contribution is -2.48. The van der Waals surface area contributed by atoms with Gasteiger partial charge in [0.25, 0.3) is 0 Å². The number of carbonyl (C=O) groups excluding carboxylic acids is 2. The zero-order chi connectivity index (χ0) is 33.2. The van der Waals surface area contributed by atoms with Crippen molar-refractivity contribution in [2.45, 2.75) is 58.3 Å². The Morgan fingerprint density at radius 3 is 2.48 bits per heavy atom. The van der Waals surface area contributed by atoms with Crippen molar-refractivity contribution in [1.29, 1.82) is 0 Å². The van der Waals surface area contributed by atoms with E-state index in [1.165, 1.54) is 12.1 Å². The van der Waals surface area contributed by atoms with Crippen molar-refractivity contribution in [3.05, 3.63) is 47.3 Å². The van der Waals surface area contributed by atoms with Crippen molar-refractivity contribution in [3.63, 3.8) is 0 Å². The van der Waals surface area contributed by atoms with E-state index < -0.39 is 24.3 Å². The standard InChI is InChI=1S/C34H51FN4O6S/c1-24-5-7-30(41)23-32(42)45-33(25(2)6-8-31(24)44-34(43)38-11-9-36(4)10-12-38)26(3)19-27-20-28(35)22-29(21-27)37-13-15-39(16-14-37)46-18-17-40/h6,8,19-22,24-25,30-31,33,40-41H,5,7,9-18,23H2,1-4H3/b8-6+,26-19+/t24-,25-,30+,31-,33-/m0/s1. The second-order valence-corrected chi connectivity index (χ2v) is 14.0. The molecule has 3 aliphatic heterocycles. The smallest absolute Gasteiger partial charge is 0.410 e. The van der Waals surface area contributed by atoms with Crippen LogP contribution in [0, 0.1) is 17.7 Å². The van der Waals surface area contributed by atoms with Gasteiger partial charge in [-0.15, -0.1) is 0 Å². The fourth-order valence-corrected chi connectivity index (χ4v) is 6.84. The van der Waals surface area contributed by atoms with E-state index >= 15 is 0 Å². The van der Waals surface area contributed by atoms with Crippen LogP contribution in [0.2, 0.25) is 0 Å². The SMILES string of the molecule is C/C(=C\c1cc(F)cc(N2CCN(SCCO)CC2)c1)[C@H]1OC(=O)C[C@H](O)CC[C@H](C)[C@@H](OC(=O)N2CCN(C)CC2)/C=C/[C@@H]1C. The number of likely N-dealkylation sites (N-methyl/N-ethyl adjacent to an activating group) is 1. The fraction of sp³-hybridized carbons (Fsp3) is 0.647. The number of piperazine rings is 2. The molecule has 4 rings (SSSR count).